The molecule has 1 aliphatic rings. The Hall–Kier alpha value is -2.61. The molecule has 8 heteroatoms. The molecule has 1 saturated heterocycles. The van der Waals surface area contributed by atoms with Crippen molar-refractivity contribution in [2.24, 2.45) is 5.92 Å². The molecule has 1 aliphatic heterocycles. The molecule has 0 aromatic carbocycles. The van der Waals surface area contributed by atoms with Crippen molar-refractivity contribution in [3.8, 4) is 5.13 Å². The Labute approximate surface area is 155 Å². The molecule has 0 saturated carbocycles. The molecule has 1 unspecified atom stereocenters. The molecule has 7 nitrogen and oxygen atoms in total. The fourth-order valence-corrected chi connectivity index (χ4v) is 4.13. The second kappa shape index (κ2) is 7.33. The standard InChI is InChI=1S/C18H21N5O2S/c1-21(13-15-7-5-11-25-15)16(24)14-6-4-10-23(12-14)18-20-19-17(26-18)22-8-2-3-9-22/h2-3,5,7-9,11,14H,4,6,10,12-13H2,1H3. The van der Waals surface area contributed by atoms with Gasteiger partial charge in [-0.3, -0.25) is 9.36 Å². The molecule has 1 atom stereocenters. The lowest BCUT2D eigenvalue weighted by Gasteiger charge is -2.33. The van der Waals surface area contributed by atoms with Gasteiger partial charge >= 0.3 is 0 Å². The van der Waals surface area contributed by atoms with Crippen molar-refractivity contribution in [1.82, 2.24) is 19.7 Å². The normalized spacial score (nSPS) is 17.4. The summed E-state index contributed by atoms with van der Waals surface area (Å²) in [6.07, 6.45) is 7.42. The summed E-state index contributed by atoms with van der Waals surface area (Å²) in [6, 6.07) is 7.66. The van der Waals surface area contributed by atoms with Crippen LogP contribution in [-0.4, -0.2) is 45.7 Å². The minimum atomic E-state index is -0.0253. The minimum Gasteiger partial charge on any atom is -0.467 e. The lowest BCUT2D eigenvalue weighted by Crippen LogP contribution is -2.43. The Morgan fingerprint density at radius 2 is 2.12 bits per heavy atom. The first-order chi connectivity index (χ1) is 12.7. The molecule has 4 heterocycles. The van der Waals surface area contributed by atoms with Gasteiger partial charge in [-0.25, -0.2) is 0 Å². The highest BCUT2D eigenvalue weighted by atomic mass is 32.1. The molecule has 0 spiro atoms. The van der Waals surface area contributed by atoms with Crippen molar-refractivity contribution in [1.29, 1.82) is 0 Å². The van der Waals surface area contributed by atoms with Gasteiger partial charge in [0.15, 0.2) is 0 Å². The summed E-state index contributed by atoms with van der Waals surface area (Å²) in [4.78, 5) is 16.7. The predicted molar refractivity (Wildman–Crippen MR) is 99.4 cm³/mol. The van der Waals surface area contributed by atoms with Crippen molar-refractivity contribution in [2.75, 3.05) is 25.0 Å². The predicted octanol–water partition coefficient (Wildman–Crippen LogP) is 2.80. The third-order valence-electron chi connectivity index (χ3n) is 4.62. The van der Waals surface area contributed by atoms with Crippen molar-refractivity contribution >= 4 is 22.4 Å². The summed E-state index contributed by atoms with van der Waals surface area (Å²) in [5.41, 5.74) is 0. The van der Waals surface area contributed by atoms with Gasteiger partial charge < -0.3 is 14.2 Å². The number of carbonyl (C=O) groups is 1. The number of hydrogen-bond donors (Lipinski definition) is 0. The first kappa shape index (κ1) is 16.8. The third kappa shape index (κ3) is 3.50. The summed E-state index contributed by atoms with van der Waals surface area (Å²) < 4.78 is 7.30. The Balaban J connectivity index is 1.41. The molecule has 0 N–H and O–H groups in total. The number of rotatable bonds is 5. The number of carbonyl (C=O) groups excluding carboxylic acids is 1. The van der Waals surface area contributed by atoms with E-state index in [0.29, 0.717) is 13.1 Å². The van der Waals surface area contributed by atoms with Crippen LogP contribution >= 0.6 is 11.3 Å². The van der Waals surface area contributed by atoms with Crippen molar-refractivity contribution in [3.05, 3.63) is 48.7 Å². The first-order valence-electron chi connectivity index (χ1n) is 8.70. The van der Waals surface area contributed by atoms with Crippen molar-refractivity contribution < 1.29 is 9.21 Å². The van der Waals surface area contributed by atoms with Crippen molar-refractivity contribution in [3.63, 3.8) is 0 Å². The molecule has 0 bridgehead atoms. The maximum absolute atomic E-state index is 12.8. The van der Waals surface area contributed by atoms with Crippen molar-refractivity contribution in [2.45, 2.75) is 19.4 Å². The topological polar surface area (TPSA) is 67.4 Å². The zero-order chi connectivity index (χ0) is 17.9. The lowest BCUT2D eigenvalue weighted by atomic mass is 9.97. The third-order valence-corrected chi connectivity index (χ3v) is 5.62. The van der Waals surface area contributed by atoms with Gasteiger partial charge in [-0.05, 0) is 37.1 Å². The number of amides is 1. The maximum Gasteiger partial charge on any atom is 0.227 e. The monoisotopic (exact) mass is 371 g/mol. The minimum absolute atomic E-state index is 0.0253. The van der Waals surface area contributed by atoms with E-state index in [4.69, 9.17) is 4.42 Å². The van der Waals surface area contributed by atoms with Crippen LogP contribution in [0.5, 0.6) is 0 Å². The molecule has 0 aliphatic carbocycles. The van der Waals surface area contributed by atoms with Gasteiger partial charge in [-0.15, -0.1) is 10.2 Å². The Bertz CT molecular complexity index is 843. The number of nitrogens with zero attached hydrogens (tertiary/aromatic N) is 5. The molecule has 1 fully saturated rings. The van der Waals surface area contributed by atoms with Crippen LogP contribution in [-0.2, 0) is 11.3 Å². The molecule has 3 aromatic rings. The SMILES string of the molecule is CN(Cc1ccco1)C(=O)C1CCCN(c2nnc(-n3cccc3)s2)C1. The van der Waals surface area contributed by atoms with E-state index in [0.717, 1.165) is 35.4 Å². The molecule has 4 rings (SSSR count). The molecule has 3 aromatic heterocycles. The number of piperidine rings is 1. The van der Waals surface area contributed by atoms with Gasteiger partial charge in [-0.1, -0.05) is 11.3 Å². The smallest absolute Gasteiger partial charge is 0.227 e. The average Bonchev–Trinajstić information content (AvgIpc) is 3.42. The summed E-state index contributed by atoms with van der Waals surface area (Å²) in [5, 5.41) is 10.3. The average molecular weight is 371 g/mol. The van der Waals surface area contributed by atoms with Crippen LogP contribution in [0.4, 0.5) is 5.13 Å². The summed E-state index contributed by atoms with van der Waals surface area (Å²) in [5.74, 6) is 0.929. The zero-order valence-electron chi connectivity index (χ0n) is 14.6. The Morgan fingerprint density at radius 3 is 2.88 bits per heavy atom. The van der Waals surface area contributed by atoms with Crippen LogP contribution in [0, 0.1) is 5.92 Å². The molecular weight excluding hydrogens is 350 g/mol. The van der Waals surface area contributed by atoms with E-state index in [2.05, 4.69) is 15.1 Å². The van der Waals surface area contributed by atoms with Crippen LogP contribution in [0.15, 0.2) is 47.3 Å². The second-order valence-corrected chi connectivity index (χ2v) is 7.45. The van der Waals surface area contributed by atoms with Gasteiger partial charge in [0.2, 0.25) is 16.2 Å². The highest BCUT2D eigenvalue weighted by Crippen LogP contribution is 2.28. The van der Waals surface area contributed by atoms with E-state index in [9.17, 15) is 4.79 Å². The zero-order valence-corrected chi connectivity index (χ0v) is 15.4. The van der Waals surface area contributed by atoms with E-state index in [-0.39, 0.29) is 11.8 Å². The molecule has 1 amide bonds. The number of aromatic nitrogens is 3. The largest absolute Gasteiger partial charge is 0.467 e. The molecule has 136 valence electrons. The Morgan fingerprint density at radius 1 is 1.31 bits per heavy atom. The molecular formula is C18H21N5O2S. The highest BCUT2D eigenvalue weighted by molar-refractivity contribution is 7.17. The van der Waals surface area contributed by atoms with Crippen LogP contribution in [0.1, 0.15) is 18.6 Å². The quantitative estimate of drug-likeness (QED) is 0.690. The van der Waals surface area contributed by atoms with Crippen LogP contribution < -0.4 is 4.90 Å². The van der Waals surface area contributed by atoms with Crippen LogP contribution in [0.2, 0.25) is 0 Å². The summed E-state index contributed by atoms with van der Waals surface area (Å²) >= 11 is 1.55. The second-order valence-electron chi connectivity index (χ2n) is 6.52. The van der Waals surface area contributed by atoms with E-state index in [1.54, 1.807) is 22.5 Å². The number of anilines is 1. The van der Waals surface area contributed by atoms with Crippen LogP contribution in [0.3, 0.4) is 0 Å². The number of hydrogen-bond acceptors (Lipinski definition) is 6. The maximum atomic E-state index is 12.8. The van der Waals surface area contributed by atoms with E-state index in [1.807, 2.05) is 48.3 Å². The summed E-state index contributed by atoms with van der Waals surface area (Å²) in [7, 11) is 1.83. The van der Waals surface area contributed by atoms with Gasteiger partial charge in [0, 0.05) is 32.5 Å². The molecule has 0 radical (unpaired) electrons. The van der Waals surface area contributed by atoms with E-state index < -0.39 is 0 Å². The van der Waals surface area contributed by atoms with Crippen LogP contribution in [0.25, 0.3) is 5.13 Å². The summed E-state index contributed by atoms with van der Waals surface area (Å²) in [6.45, 7) is 2.09. The highest BCUT2D eigenvalue weighted by Gasteiger charge is 2.29. The lowest BCUT2D eigenvalue weighted by molar-refractivity contribution is -0.135. The van der Waals surface area contributed by atoms with Gasteiger partial charge in [0.05, 0.1) is 18.7 Å². The van der Waals surface area contributed by atoms with E-state index in [1.165, 1.54) is 0 Å². The van der Waals surface area contributed by atoms with E-state index >= 15 is 0 Å². The number of furan rings is 1. The van der Waals surface area contributed by atoms with Gasteiger partial charge in [0.25, 0.3) is 0 Å². The van der Waals surface area contributed by atoms with Gasteiger partial charge in [0.1, 0.15) is 5.76 Å². The fourth-order valence-electron chi connectivity index (χ4n) is 3.28. The molecule has 26 heavy (non-hydrogen) atoms. The Kier molecular flexibility index (Phi) is 4.75. The van der Waals surface area contributed by atoms with Gasteiger partial charge in [-0.2, -0.15) is 0 Å². The fraction of sp³-hybridized carbons (Fsp3) is 0.389. The first-order valence-corrected chi connectivity index (χ1v) is 9.51.